The summed E-state index contributed by atoms with van der Waals surface area (Å²) in [7, 11) is 1.46. The highest BCUT2D eigenvalue weighted by Gasteiger charge is 2.43. The highest BCUT2D eigenvalue weighted by atomic mass is 79.9. The maximum atomic E-state index is 15.4. The molecule has 0 unspecified atom stereocenters. The third-order valence-corrected chi connectivity index (χ3v) is 9.55. The molecule has 5 rings (SSSR count). The van der Waals surface area contributed by atoms with E-state index in [0.29, 0.717) is 39.7 Å². The van der Waals surface area contributed by atoms with Crippen molar-refractivity contribution in [3.05, 3.63) is 117 Å². The first-order valence-corrected chi connectivity index (χ1v) is 17.6. The maximum absolute atomic E-state index is 15.4. The molecule has 0 saturated heterocycles. The van der Waals surface area contributed by atoms with Gasteiger partial charge in [0.15, 0.2) is 0 Å². The molecule has 3 aromatic carbocycles. The molecule has 54 heavy (non-hydrogen) atoms. The van der Waals surface area contributed by atoms with Gasteiger partial charge in [-0.1, -0.05) is 19.1 Å². The summed E-state index contributed by atoms with van der Waals surface area (Å²) < 4.78 is 44.1. The summed E-state index contributed by atoms with van der Waals surface area (Å²) in [5, 5.41) is 28.2. The number of hydrogen-bond donors (Lipinski definition) is 1. The Balaban J connectivity index is 0.00000650. The smallest absolute Gasteiger partial charge is 0.410 e. The molecule has 2 atom stereocenters. The van der Waals surface area contributed by atoms with Crippen molar-refractivity contribution >= 4 is 23.4 Å². The Morgan fingerprint density at radius 3 is 2.39 bits per heavy atom. The zero-order chi connectivity index (χ0) is 38.7. The minimum atomic E-state index is -1.97. The number of likely N-dealkylation sites (N-methyl/N-ethyl adjacent to an activating group) is 1. The fourth-order valence-corrected chi connectivity index (χ4v) is 6.82. The summed E-state index contributed by atoms with van der Waals surface area (Å²) in [6, 6.07) is 15.7. The second-order valence-electron chi connectivity index (χ2n) is 14.0. The summed E-state index contributed by atoms with van der Waals surface area (Å²) in [6.45, 7) is 10.4. The number of nitriles is 1. The number of carbonyl (C=O) groups is 2. The number of ether oxygens (including phenoxy) is 2. The number of nitrogens with zero attached hydrogens (tertiary/aromatic N) is 6. The Morgan fingerprint density at radius 2 is 1.76 bits per heavy atom. The van der Waals surface area contributed by atoms with Crippen LogP contribution in [0.1, 0.15) is 66.4 Å². The summed E-state index contributed by atoms with van der Waals surface area (Å²) in [4.78, 5) is 30.8. The molecule has 0 aliphatic rings. The van der Waals surface area contributed by atoms with Crippen LogP contribution in [0.2, 0.25) is 0 Å². The second kappa shape index (κ2) is 17.0. The van der Waals surface area contributed by atoms with Crippen LogP contribution in [0.15, 0.2) is 72.6 Å². The molecule has 0 spiro atoms. The molecule has 0 aliphatic heterocycles. The molecule has 0 radical (unpaired) electrons. The number of hydrogen-bond acceptors (Lipinski definition) is 9. The van der Waals surface area contributed by atoms with Gasteiger partial charge in [-0.3, -0.25) is 0 Å². The molecule has 0 aliphatic carbocycles. The summed E-state index contributed by atoms with van der Waals surface area (Å²) in [6.07, 6.45) is 2.58. The van der Waals surface area contributed by atoms with Crippen molar-refractivity contribution < 1.29 is 54.5 Å². The standard InChI is InChI=1S/C39H41F2N6O5S.BrH/c1-24-14-28(15-25(2)35(24)51-34(48)19-45(7)37(49)52-38(4,5)6)18-46-22-43-47(23-46)21-39(50,31-16-30(40)12-13-32(31)41)26(3)36-44-33(20-53-36)29-10-8-27(17-42)9-11-29;/h8-16,20,22-23,26,50H,18-19,21H2,1-7H3;1H/q+1;/p-1/t26-,39+;/m0./s1. The van der Waals surface area contributed by atoms with Gasteiger partial charge in [0.1, 0.15) is 41.7 Å². The first-order chi connectivity index (χ1) is 24.9. The first kappa shape index (κ1) is 41.7. The van der Waals surface area contributed by atoms with E-state index in [9.17, 15) is 19.1 Å². The summed E-state index contributed by atoms with van der Waals surface area (Å²) in [5.74, 6) is -2.49. The van der Waals surface area contributed by atoms with Crippen LogP contribution in [0.25, 0.3) is 11.3 Å². The summed E-state index contributed by atoms with van der Waals surface area (Å²) >= 11 is 1.28. The van der Waals surface area contributed by atoms with Crippen LogP contribution < -0.4 is 26.3 Å². The molecule has 2 aromatic heterocycles. The van der Waals surface area contributed by atoms with Crippen molar-refractivity contribution in [3.63, 3.8) is 0 Å². The van der Waals surface area contributed by atoms with Crippen LogP contribution in [-0.4, -0.2) is 56.0 Å². The molecular weight excluding hydrogens is 782 g/mol. The molecule has 15 heteroatoms. The quantitative estimate of drug-likeness (QED) is 0.122. The molecule has 0 fully saturated rings. The van der Waals surface area contributed by atoms with Crippen LogP contribution in [-0.2, 0) is 28.2 Å². The predicted molar refractivity (Wildman–Crippen MR) is 193 cm³/mol. The van der Waals surface area contributed by atoms with Crippen molar-refractivity contribution in [2.45, 2.75) is 71.8 Å². The number of rotatable bonds is 11. The fourth-order valence-electron chi connectivity index (χ4n) is 5.84. The molecular formula is C39H41BrF2N6O5S. The van der Waals surface area contributed by atoms with Crippen molar-refractivity contribution in [2.75, 3.05) is 13.6 Å². The van der Waals surface area contributed by atoms with Crippen molar-refractivity contribution in [1.29, 1.82) is 5.26 Å². The fraction of sp³-hybridized carbons (Fsp3) is 0.333. The van der Waals surface area contributed by atoms with Gasteiger partial charge in [0.25, 0.3) is 6.33 Å². The lowest BCUT2D eigenvalue weighted by atomic mass is 9.82. The van der Waals surface area contributed by atoms with Crippen LogP contribution in [0.5, 0.6) is 5.75 Å². The van der Waals surface area contributed by atoms with E-state index in [2.05, 4.69) is 11.2 Å². The lowest BCUT2D eigenvalue weighted by Gasteiger charge is -2.32. The Morgan fingerprint density at radius 1 is 1.09 bits per heavy atom. The molecule has 5 aromatic rings. The number of halogens is 3. The van der Waals surface area contributed by atoms with E-state index in [-0.39, 0.29) is 35.6 Å². The highest BCUT2D eigenvalue weighted by molar-refractivity contribution is 7.10. The third kappa shape index (κ3) is 9.93. The third-order valence-electron chi connectivity index (χ3n) is 8.52. The Labute approximate surface area is 327 Å². The summed E-state index contributed by atoms with van der Waals surface area (Å²) in [5.41, 5.74) is 1.29. The number of aryl methyl sites for hydroxylation is 2. The average Bonchev–Trinajstić information content (AvgIpc) is 3.76. The van der Waals surface area contributed by atoms with E-state index < -0.39 is 40.8 Å². The minimum Gasteiger partial charge on any atom is -1.00 e. The Bertz CT molecular complexity index is 2160. The van der Waals surface area contributed by atoms with E-state index >= 15 is 4.39 Å². The Hall–Kier alpha value is -5.04. The maximum Gasteiger partial charge on any atom is 0.410 e. The average molecular weight is 824 g/mol. The Kier molecular flexibility index (Phi) is 13.1. The van der Waals surface area contributed by atoms with E-state index in [0.717, 1.165) is 34.2 Å². The minimum absolute atomic E-state index is 0. The number of thiazole rings is 1. The molecule has 284 valence electrons. The zero-order valence-electron chi connectivity index (χ0n) is 30.9. The largest absolute Gasteiger partial charge is 1.00 e. The highest BCUT2D eigenvalue weighted by Crippen LogP contribution is 2.41. The molecule has 11 nitrogen and oxygen atoms in total. The monoisotopic (exact) mass is 822 g/mol. The van der Waals surface area contributed by atoms with Gasteiger partial charge >= 0.3 is 12.1 Å². The zero-order valence-corrected chi connectivity index (χ0v) is 33.3. The second-order valence-corrected chi connectivity index (χ2v) is 14.9. The molecule has 1 N–H and O–H groups in total. The van der Waals surface area contributed by atoms with E-state index in [1.165, 1.54) is 23.1 Å². The number of esters is 1. The molecule has 1 amide bonds. The predicted octanol–water partition coefficient (Wildman–Crippen LogP) is 3.58. The van der Waals surface area contributed by atoms with Crippen LogP contribution in [0, 0.1) is 36.8 Å². The lowest BCUT2D eigenvalue weighted by Crippen LogP contribution is -3.00. The number of aromatic nitrogens is 4. The topological polar surface area (TPSA) is 134 Å². The van der Waals surface area contributed by atoms with Gasteiger partial charge in [0.05, 0.1) is 28.9 Å². The lowest BCUT2D eigenvalue weighted by molar-refractivity contribution is -0.689. The van der Waals surface area contributed by atoms with Crippen LogP contribution >= 0.6 is 11.3 Å². The number of amides is 1. The van der Waals surface area contributed by atoms with Crippen LogP contribution in [0.3, 0.4) is 0 Å². The molecule has 0 bridgehead atoms. The van der Waals surface area contributed by atoms with Crippen LogP contribution in [0.4, 0.5) is 13.6 Å². The van der Waals surface area contributed by atoms with Gasteiger partial charge in [0.2, 0.25) is 6.33 Å². The van der Waals surface area contributed by atoms with Gasteiger partial charge in [-0.25, -0.2) is 27.9 Å². The van der Waals surface area contributed by atoms with E-state index in [1.54, 1.807) is 69.2 Å². The van der Waals surface area contributed by atoms with Gasteiger partial charge in [-0.15, -0.1) is 16.0 Å². The number of benzene rings is 3. The van der Waals surface area contributed by atoms with Gasteiger partial charge < -0.3 is 36.5 Å². The molecule has 0 saturated carbocycles. The van der Waals surface area contributed by atoms with Crippen molar-refractivity contribution in [2.24, 2.45) is 0 Å². The number of carbonyl (C=O) groups excluding carboxylic acids is 2. The van der Waals surface area contributed by atoms with E-state index in [1.807, 2.05) is 31.4 Å². The van der Waals surface area contributed by atoms with E-state index in [4.69, 9.17) is 19.7 Å². The van der Waals surface area contributed by atoms with Gasteiger partial charge in [0, 0.05) is 34.6 Å². The van der Waals surface area contributed by atoms with Gasteiger partial charge in [-0.2, -0.15) is 5.26 Å². The first-order valence-electron chi connectivity index (χ1n) is 16.8. The molecule has 2 heterocycles. The normalized spacial score (nSPS) is 12.9. The SMILES string of the molecule is Cc1cc(C[n+]2cnn(C[C@](O)(c3cc(F)ccc3F)[C@@H](C)c3nc(-c4ccc(C#N)cc4)cs3)c2)cc(C)c1OC(=O)CN(C)C(=O)OC(C)(C)C.[Br-]. The number of aliphatic hydroxyl groups is 1. The van der Waals surface area contributed by atoms with Crippen molar-refractivity contribution in [3.8, 4) is 23.1 Å². The van der Waals surface area contributed by atoms with Crippen molar-refractivity contribution in [1.82, 2.24) is 19.7 Å². The van der Waals surface area contributed by atoms with Gasteiger partial charge in [-0.05, 0) is 93.8 Å².